The van der Waals surface area contributed by atoms with Gasteiger partial charge in [0.15, 0.2) is 11.8 Å². The number of hydrogen-bond acceptors (Lipinski definition) is 4. The standard InChI is InChI=1S/C16H26N8.HI/c1-12-10-13(2)24(22-12)9-5-7-18-16(17-3)19-11-15-21-20-14-6-4-8-23(14)15;/h10H,4-9,11H2,1-3H3,(H2,17,18,19);1H. The van der Waals surface area contributed by atoms with Crippen molar-refractivity contribution in [2.75, 3.05) is 13.6 Å². The normalized spacial score (nSPS) is 13.5. The molecule has 2 N–H and O–H groups in total. The Morgan fingerprint density at radius 1 is 1.28 bits per heavy atom. The first-order chi connectivity index (χ1) is 11.7. The Bertz CT molecular complexity index is 718. The molecule has 0 aliphatic carbocycles. The molecule has 3 heterocycles. The zero-order chi connectivity index (χ0) is 16.9. The minimum absolute atomic E-state index is 0. The number of hydrogen-bond donors (Lipinski definition) is 2. The maximum Gasteiger partial charge on any atom is 0.191 e. The molecule has 1 aliphatic rings. The molecule has 0 radical (unpaired) electrons. The van der Waals surface area contributed by atoms with Crippen molar-refractivity contribution in [3.63, 3.8) is 0 Å². The van der Waals surface area contributed by atoms with Crippen LogP contribution in [0.5, 0.6) is 0 Å². The average Bonchev–Trinajstić information content (AvgIpc) is 3.24. The van der Waals surface area contributed by atoms with Crippen molar-refractivity contribution in [1.82, 2.24) is 35.2 Å². The zero-order valence-corrected chi connectivity index (χ0v) is 17.4. The molecule has 0 saturated heterocycles. The fraction of sp³-hybridized carbons (Fsp3) is 0.625. The molecule has 138 valence electrons. The first-order valence-electron chi connectivity index (χ1n) is 8.54. The largest absolute Gasteiger partial charge is 0.356 e. The van der Waals surface area contributed by atoms with E-state index in [9.17, 15) is 0 Å². The third kappa shape index (κ3) is 4.93. The van der Waals surface area contributed by atoms with Crippen molar-refractivity contribution in [2.24, 2.45) is 4.99 Å². The summed E-state index contributed by atoms with van der Waals surface area (Å²) in [7, 11) is 1.78. The number of aryl methyl sites for hydroxylation is 4. The number of nitrogens with zero attached hydrogens (tertiary/aromatic N) is 6. The van der Waals surface area contributed by atoms with Crippen LogP contribution in [0.1, 0.15) is 35.9 Å². The van der Waals surface area contributed by atoms with Crippen LogP contribution in [0.3, 0.4) is 0 Å². The highest BCUT2D eigenvalue weighted by Gasteiger charge is 2.16. The van der Waals surface area contributed by atoms with Gasteiger partial charge in [0.2, 0.25) is 0 Å². The zero-order valence-electron chi connectivity index (χ0n) is 15.1. The van der Waals surface area contributed by atoms with Crippen molar-refractivity contribution < 1.29 is 0 Å². The summed E-state index contributed by atoms with van der Waals surface area (Å²) in [5, 5.41) is 19.6. The highest BCUT2D eigenvalue weighted by Crippen LogP contribution is 2.13. The van der Waals surface area contributed by atoms with Crippen molar-refractivity contribution in [3.8, 4) is 0 Å². The number of aliphatic imine (C=N–C) groups is 1. The predicted molar refractivity (Wildman–Crippen MR) is 108 cm³/mol. The van der Waals surface area contributed by atoms with Crippen LogP contribution in [0.2, 0.25) is 0 Å². The molecule has 2 aromatic heterocycles. The molecular weight excluding hydrogens is 431 g/mol. The maximum atomic E-state index is 4.48. The second kappa shape index (κ2) is 9.16. The molecule has 2 aromatic rings. The fourth-order valence-corrected chi connectivity index (χ4v) is 3.06. The Balaban J connectivity index is 0.00000225. The van der Waals surface area contributed by atoms with E-state index >= 15 is 0 Å². The van der Waals surface area contributed by atoms with E-state index in [2.05, 4.69) is 48.5 Å². The number of fused-ring (bicyclic) bond motifs is 1. The van der Waals surface area contributed by atoms with Crippen LogP contribution < -0.4 is 10.6 Å². The second-order valence-corrected chi connectivity index (χ2v) is 6.14. The van der Waals surface area contributed by atoms with Gasteiger partial charge >= 0.3 is 0 Å². The van der Waals surface area contributed by atoms with E-state index in [1.165, 1.54) is 5.69 Å². The molecule has 25 heavy (non-hydrogen) atoms. The van der Waals surface area contributed by atoms with E-state index in [0.29, 0.717) is 6.54 Å². The highest BCUT2D eigenvalue weighted by molar-refractivity contribution is 14.0. The van der Waals surface area contributed by atoms with E-state index in [-0.39, 0.29) is 24.0 Å². The summed E-state index contributed by atoms with van der Waals surface area (Å²) in [6.45, 7) is 7.52. The van der Waals surface area contributed by atoms with Gasteiger partial charge in [0, 0.05) is 38.8 Å². The fourth-order valence-electron chi connectivity index (χ4n) is 3.06. The summed E-state index contributed by atoms with van der Waals surface area (Å²) >= 11 is 0. The van der Waals surface area contributed by atoms with Crippen molar-refractivity contribution in [3.05, 3.63) is 29.1 Å². The second-order valence-electron chi connectivity index (χ2n) is 6.14. The molecule has 0 bridgehead atoms. The summed E-state index contributed by atoms with van der Waals surface area (Å²) in [6, 6.07) is 2.10. The molecule has 0 amide bonds. The van der Waals surface area contributed by atoms with Crippen LogP contribution in [-0.4, -0.2) is 44.1 Å². The Hall–Kier alpha value is -1.65. The minimum Gasteiger partial charge on any atom is -0.356 e. The van der Waals surface area contributed by atoms with Gasteiger partial charge in [0.05, 0.1) is 12.2 Å². The Kier molecular flexibility index (Phi) is 7.21. The molecule has 0 atom stereocenters. The van der Waals surface area contributed by atoms with Crippen molar-refractivity contribution in [1.29, 1.82) is 0 Å². The number of halogens is 1. The smallest absolute Gasteiger partial charge is 0.191 e. The highest BCUT2D eigenvalue weighted by atomic mass is 127. The Labute approximate surface area is 165 Å². The van der Waals surface area contributed by atoms with Gasteiger partial charge in [-0.05, 0) is 32.8 Å². The monoisotopic (exact) mass is 458 g/mol. The van der Waals surface area contributed by atoms with Gasteiger partial charge in [-0.15, -0.1) is 34.2 Å². The lowest BCUT2D eigenvalue weighted by molar-refractivity contribution is 0.554. The van der Waals surface area contributed by atoms with Gasteiger partial charge in [-0.25, -0.2) is 0 Å². The minimum atomic E-state index is 0. The lowest BCUT2D eigenvalue weighted by atomic mass is 10.4. The molecule has 0 aromatic carbocycles. The Morgan fingerprint density at radius 3 is 2.84 bits per heavy atom. The quantitative estimate of drug-likeness (QED) is 0.296. The molecular formula is C16H27IN8. The van der Waals surface area contributed by atoms with Gasteiger partial charge in [-0.1, -0.05) is 0 Å². The number of rotatable bonds is 6. The van der Waals surface area contributed by atoms with Crippen LogP contribution in [-0.2, 0) is 26.1 Å². The van der Waals surface area contributed by atoms with Crippen LogP contribution in [0, 0.1) is 13.8 Å². The van der Waals surface area contributed by atoms with Gasteiger partial charge in [-0.2, -0.15) is 5.10 Å². The summed E-state index contributed by atoms with van der Waals surface area (Å²) in [5.74, 6) is 2.87. The molecule has 0 fully saturated rings. The first-order valence-corrected chi connectivity index (χ1v) is 8.54. The Morgan fingerprint density at radius 2 is 2.12 bits per heavy atom. The van der Waals surface area contributed by atoms with E-state index in [1.807, 2.05) is 11.6 Å². The number of nitrogens with one attached hydrogen (secondary N) is 2. The third-order valence-corrected chi connectivity index (χ3v) is 4.27. The van der Waals surface area contributed by atoms with Gasteiger partial charge in [-0.3, -0.25) is 9.67 Å². The van der Waals surface area contributed by atoms with Crippen molar-refractivity contribution >= 4 is 29.9 Å². The number of guanidine groups is 1. The number of aromatic nitrogens is 5. The maximum absolute atomic E-state index is 4.48. The van der Waals surface area contributed by atoms with Crippen molar-refractivity contribution in [2.45, 2.75) is 52.7 Å². The summed E-state index contributed by atoms with van der Waals surface area (Å²) in [5.41, 5.74) is 2.27. The summed E-state index contributed by atoms with van der Waals surface area (Å²) in [4.78, 5) is 4.26. The van der Waals surface area contributed by atoms with Crippen LogP contribution >= 0.6 is 24.0 Å². The van der Waals surface area contributed by atoms with E-state index < -0.39 is 0 Å². The van der Waals surface area contributed by atoms with E-state index in [0.717, 1.165) is 62.2 Å². The molecule has 0 unspecified atom stereocenters. The molecule has 0 spiro atoms. The van der Waals surface area contributed by atoms with Gasteiger partial charge in [0.25, 0.3) is 0 Å². The molecule has 1 aliphatic heterocycles. The van der Waals surface area contributed by atoms with Crippen LogP contribution in [0.25, 0.3) is 0 Å². The topological polar surface area (TPSA) is 84.9 Å². The lowest BCUT2D eigenvalue weighted by Gasteiger charge is -2.12. The third-order valence-electron chi connectivity index (χ3n) is 4.27. The van der Waals surface area contributed by atoms with Crippen LogP contribution in [0.4, 0.5) is 0 Å². The lowest BCUT2D eigenvalue weighted by Crippen LogP contribution is -2.38. The SMILES string of the molecule is CN=C(NCCCn1nc(C)cc1C)NCc1nnc2n1CCC2.I. The molecule has 9 heteroatoms. The predicted octanol–water partition coefficient (Wildman–Crippen LogP) is 1.41. The van der Waals surface area contributed by atoms with Gasteiger partial charge < -0.3 is 15.2 Å². The van der Waals surface area contributed by atoms with Crippen LogP contribution in [0.15, 0.2) is 11.1 Å². The van der Waals surface area contributed by atoms with E-state index in [4.69, 9.17) is 0 Å². The first kappa shape index (κ1) is 19.7. The molecule has 3 rings (SSSR count). The van der Waals surface area contributed by atoms with E-state index in [1.54, 1.807) is 7.05 Å². The average molecular weight is 458 g/mol. The van der Waals surface area contributed by atoms with Gasteiger partial charge in [0.1, 0.15) is 5.82 Å². The molecule has 8 nitrogen and oxygen atoms in total. The molecule has 0 saturated carbocycles. The summed E-state index contributed by atoms with van der Waals surface area (Å²) < 4.78 is 4.25. The summed E-state index contributed by atoms with van der Waals surface area (Å²) in [6.07, 6.45) is 3.19.